The van der Waals surface area contributed by atoms with E-state index < -0.39 is 0 Å². The van der Waals surface area contributed by atoms with E-state index in [2.05, 4.69) is 52.4 Å². The Hall–Kier alpha value is -1.10. The van der Waals surface area contributed by atoms with Crippen LogP contribution in [-0.2, 0) is 0 Å². The quantitative estimate of drug-likeness (QED) is 0.841. The lowest BCUT2D eigenvalue weighted by molar-refractivity contribution is 0.0549. The molecule has 3 rings (SSSR count). The number of anilines is 1. The summed E-state index contributed by atoms with van der Waals surface area (Å²) in [6, 6.07) is 11.0. The Morgan fingerprint density at radius 3 is 2.08 bits per heavy atom. The third-order valence-corrected chi connectivity index (χ3v) is 5.55. The number of hydrogen-bond donors (Lipinski definition) is 2. The van der Waals surface area contributed by atoms with Crippen molar-refractivity contribution in [3.05, 3.63) is 30.3 Å². The number of aliphatic hydroxyl groups is 1. The summed E-state index contributed by atoms with van der Waals surface area (Å²) < 4.78 is 0. The third kappa shape index (κ3) is 5.47. The Bertz CT molecular complexity index is 465. The first-order valence-corrected chi connectivity index (χ1v) is 9.63. The predicted molar refractivity (Wildman–Crippen MR) is 100 cm³/mol. The molecule has 2 aliphatic heterocycles. The fourth-order valence-corrected chi connectivity index (χ4v) is 3.93. The first-order valence-electron chi connectivity index (χ1n) is 9.63. The largest absolute Gasteiger partial charge is 0.390 e. The van der Waals surface area contributed by atoms with Crippen LogP contribution in [0.1, 0.15) is 32.6 Å². The second-order valence-corrected chi connectivity index (χ2v) is 7.72. The van der Waals surface area contributed by atoms with Crippen molar-refractivity contribution in [1.82, 2.24) is 9.80 Å². The lowest BCUT2D eigenvalue weighted by Gasteiger charge is -2.36. The minimum Gasteiger partial charge on any atom is -0.390 e. The number of hydrogen-bond acceptors (Lipinski definition) is 4. The van der Waals surface area contributed by atoms with Crippen LogP contribution in [0.3, 0.4) is 0 Å². The lowest BCUT2D eigenvalue weighted by atomic mass is 9.99. The summed E-state index contributed by atoms with van der Waals surface area (Å²) in [5.74, 6) is 0.856. The number of benzene rings is 1. The van der Waals surface area contributed by atoms with Crippen LogP contribution < -0.4 is 5.32 Å². The second-order valence-electron chi connectivity index (χ2n) is 7.72. The van der Waals surface area contributed by atoms with Gasteiger partial charge in [0.2, 0.25) is 0 Å². The van der Waals surface area contributed by atoms with Gasteiger partial charge in [-0.05, 0) is 56.8 Å². The molecule has 2 N–H and O–H groups in total. The molecule has 0 aromatic heterocycles. The van der Waals surface area contributed by atoms with Gasteiger partial charge in [-0.2, -0.15) is 0 Å². The van der Waals surface area contributed by atoms with Crippen molar-refractivity contribution in [2.45, 2.75) is 44.8 Å². The second kappa shape index (κ2) is 8.84. The topological polar surface area (TPSA) is 38.7 Å². The van der Waals surface area contributed by atoms with Crippen molar-refractivity contribution in [3.63, 3.8) is 0 Å². The van der Waals surface area contributed by atoms with Gasteiger partial charge in [0.1, 0.15) is 0 Å². The molecule has 1 aromatic rings. The fraction of sp³-hybridized carbons (Fsp3) is 0.700. The van der Waals surface area contributed by atoms with Crippen LogP contribution in [0.25, 0.3) is 0 Å². The van der Waals surface area contributed by atoms with Crippen LogP contribution >= 0.6 is 0 Å². The Morgan fingerprint density at radius 1 is 0.958 bits per heavy atom. The number of para-hydroxylation sites is 1. The summed E-state index contributed by atoms with van der Waals surface area (Å²) in [5, 5.41) is 14.0. The van der Waals surface area contributed by atoms with E-state index in [1.807, 2.05) is 0 Å². The van der Waals surface area contributed by atoms with Crippen LogP contribution in [0.4, 0.5) is 5.69 Å². The molecule has 2 heterocycles. The number of piperidine rings is 2. The molecule has 0 saturated carbocycles. The number of likely N-dealkylation sites (tertiary alicyclic amines) is 2. The third-order valence-electron chi connectivity index (χ3n) is 5.55. The molecule has 0 radical (unpaired) electrons. The van der Waals surface area contributed by atoms with E-state index in [0.717, 1.165) is 58.0 Å². The molecule has 2 fully saturated rings. The molecule has 1 unspecified atom stereocenters. The van der Waals surface area contributed by atoms with Crippen molar-refractivity contribution in [2.75, 3.05) is 44.6 Å². The molecule has 0 spiro atoms. The molecule has 2 aliphatic rings. The van der Waals surface area contributed by atoms with Gasteiger partial charge >= 0.3 is 0 Å². The zero-order valence-corrected chi connectivity index (χ0v) is 15.0. The Morgan fingerprint density at radius 2 is 1.50 bits per heavy atom. The van der Waals surface area contributed by atoms with Gasteiger partial charge in [-0.1, -0.05) is 25.1 Å². The molecule has 0 bridgehead atoms. The maximum Gasteiger partial charge on any atom is 0.0793 e. The number of aliphatic hydroxyl groups excluding tert-OH is 1. The van der Waals surface area contributed by atoms with Gasteiger partial charge in [-0.3, -0.25) is 0 Å². The zero-order chi connectivity index (χ0) is 16.8. The van der Waals surface area contributed by atoms with Crippen molar-refractivity contribution in [3.8, 4) is 0 Å². The highest BCUT2D eigenvalue weighted by Gasteiger charge is 2.23. The first kappa shape index (κ1) is 17.7. The minimum absolute atomic E-state index is 0.211. The van der Waals surface area contributed by atoms with Crippen molar-refractivity contribution in [1.29, 1.82) is 0 Å². The van der Waals surface area contributed by atoms with Crippen molar-refractivity contribution >= 4 is 5.69 Å². The monoisotopic (exact) mass is 331 g/mol. The zero-order valence-electron chi connectivity index (χ0n) is 15.0. The van der Waals surface area contributed by atoms with Gasteiger partial charge in [0.05, 0.1) is 6.10 Å². The van der Waals surface area contributed by atoms with Crippen molar-refractivity contribution in [2.24, 2.45) is 5.92 Å². The van der Waals surface area contributed by atoms with Crippen LogP contribution in [0.5, 0.6) is 0 Å². The molecule has 0 amide bonds. The summed E-state index contributed by atoms with van der Waals surface area (Å²) >= 11 is 0. The first-order chi connectivity index (χ1) is 11.7. The minimum atomic E-state index is -0.211. The molecule has 0 aliphatic carbocycles. The van der Waals surface area contributed by atoms with E-state index in [0.29, 0.717) is 6.04 Å². The molecular formula is C20H33N3O. The van der Waals surface area contributed by atoms with Gasteiger partial charge in [-0.25, -0.2) is 0 Å². The van der Waals surface area contributed by atoms with E-state index in [-0.39, 0.29) is 6.10 Å². The Balaban J connectivity index is 1.34. The standard InChI is InChI=1S/C20H33N3O/c1-17-7-11-22(12-8-17)15-20(24)16-23-13-9-19(10-14-23)21-18-5-3-2-4-6-18/h2-6,17,19-21,24H,7-16H2,1H3. The van der Waals surface area contributed by atoms with Gasteiger partial charge in [0, 0.05) is 37.9 Å². The average molecular weight is 332 g/mol. The normalized spacial score (nSPS) is 23.2. The van der Waals surface area contributed by atoms with Crippen LogP contribution in [-0.4, -0.2) is 66.3 Å². The summed E-state index contributed by atoms with van der Waals surface area (Å²) in [4.78, 5) is 4.87. The molecular weight excluding hydrogens is 298 g/mol. The summed E-state index contributed by atoms with van der Waals surface area (Å²) in [7, 11) is 0. The van der Waals surface area contributed by atoms with E-state index in [9.17, 15) is 5.11 Å². The van der Waals surface area contributed by atoms with Gasteiger partial charge in [0.15, 0.2) is 0 Å². The number of nitrogens with zero attached hydrogens (tertiary/aromatic N) is 2. The molecule has 134 valence electrons. The highest BCUT2D eigenvalue weighted by molar-refractivity contribution is 5.43. The molecule has 4 nitrogen and oxygen atoms in total. The molecule has 2 saturated heterocycles. The van der Waals surface area contributed by atoms with Crippen LogP contribution in [0.2, 0.25) is 0 Å². The summed E-state index contributed by atoms with van der Waals surface area (Å²) in [6.45, 7) is 8.47. The highest BCUT2D eigenvalue weighted by atomic mass is 16.3. The SMILES string of the molecule is CC1CCN(CC(O)CN2CCC(Nc3ccccc3)CC2)CC1. The van der Waals surface area contributed by atoms with Crippen LogP contribution in [0.15, 0.2) is 30.3 Å². The molecule has 4 heteroatoms. The smallest absolute Gasteiger partial charge is 0.0793 e. The maximum absolute atomic E-state index is 10.4. The summed E-state index contributed by atoms with van der Waals surface area (Å²) in [6.07, 6.45) is 4.66. The molecule has 24 heavy (non-hydrogen) atoms. The highest BCUT2D eigenvalue weighted by Crippen LogP contribution is 2.18. The van der Waals surface area contributed by atoms with Gasteiger partial charge < -0.3 is 20.2 Å². The Kier molecular flexibility index (Phi) is 6.52. The fourth-order valence-electron chi connectivity index (χ4n) is 3.93. The Labute approximate surface area is 146 Å². The van der Waals surface area contributed by atoms with E-state index >= 15 is 0 Å². The van der Waals surface area contributed by atoms with E-state index in [4.69, 9.17) is 0 Å². The number of nitrogens with one attached hydrogen (secondary N) is 1. The summed E-state index contributed by atoms with van der Waals surface area (Å²) in [5.41, 5.74) is 1.22. The maximum atomic E-state index is 10.4. The van der Waals surface area contributed by atoms with Gasteiger partial charge in [-0.15, -0.1) is 0 Å². The van der Waals surface area contributed by atoms with E-state index in [1.165, 1.54) is 18.5 Å². The molecule has 1 atom stereocenters. The van der Waals surface area contributed by atoms with Gasteiger partial charge in [0.25, 0.3) is 0 Å². The average Bonchev–Trinajstić information content (AvgIpc) is 2.60. The predicted octanol–water partition coefficient (Wildman–Crippen LogP) is 2.66. The van der Waals surface area contributed by atoms with E-state index in [1.54, 1.807) is 0 Å². The lowest BCUT2D eigenvalue weighted by Crippen LogP contribution is -2.46. The number of rotatable bonds is 6. The van der Waals surface area contributed by atoms with Crippen LogP contribution in [0, 0.1) is 5.92 Å². The molecule has 1 aromatic carbocycles. The van der Waals surface area contributed by atoms with Crippen molar-refractivity contribution < 1.29 is 5.11 Å². The number of β-amino-alcohol motifs (C(OH)–C–C–N with tert-alkyl or cyclic N) is 1.